The average Bonchev–Trinajstić information content (AvgIpc) is 2.14. The van der Waals surface area contributed by atoms with Crippen LogP contribution in [0.4, 0.5) is 0 Å². The fraction of sp³-hybridized carbons (Fsp3) is 0.500. The van der Waals surface area contributed by atoms with Gasteiger partial charge in [0.15, 0.2) is 0 Å². The lowest BCUT2D eigenvalue weighted by Gasteiger charge is -2.07. The number of rotatable bonds is 4. The Morgan fingerprint density at radius 1 is 1.54 bits per heavy atom. The van der Waals surface area contributed by atoms with E-state index >= 15 is 0 Å². The molecule has 1 rings (SSSR count). The monoisotopic (exact) mass is 182 g/mol. The molecule has 0 saturated heterocycles. The first kappa shape index (κ1) is 9.99. The molecule has 1 aromatic rings. The second-order valence-corrected chi connectivity index (χ2v) is 3.01. The Labute approximate surface area is 77.0 Å². The van der Waals surface area contributed by atoms with Crippen LogP contribution in [0.1, 0.15) is 38.1 Å². The standard InChI is InChI=1S/C10H14O3/c1-2-3-5-8(11)9-6-4-7-10(12)13-9/h4,6-8,11H,2-3,5H2,1H3. The number of aliphatic hydroxyl groups excluding tert-OH is 1. The molecule has 0 aliphatic rings. The highest BCUT2D eigenvalue weighted by Crippen LogP contribution is 2.16. The van der Waals surface area contributed by atoms with Crippen molar-refractivity contribution in [2.75, 3.05) is 0 Å². The summed E-state index contributed by atoms with van der Waals surface area (Å²) in [5.74, 6) is 0.362. The van der Waals surface area contributed by atoms with Gasteiger partial charge in [-0.05, 0) is 12.5 Å². The molecule has 0 spiro atoms. The van der Waals surface area contributed by atoms with Crippen molar-refractivity contribution in [1.82, 2.24) is 0 Å². The van der Waals surface area contributed by atoms with Crippen molar-refractivity contribution in [2.45, 2.75) is 32.3 Å². The lowest BCUT2D eigenvalue weighted by Crippen LogP contribution is -2.03. The highest BCUT2D eigenvalue weighted by Gasteiger charge is 2.08. The van der Waals surface area contributed by atoms with E-state index in [-0.39, 0.29) is 0 Å². The number of hydrogen-bond acceptors (Lipinski definition) is 3. The summed E-state index contributed by atoms with van der Waals surface area (Å²) in [6.45, 7) is 2.05. The highest BCUT2D eigenvalue weighted by molar-refractivity contribution is 5.02. The van der Waals surface area contributed by atoms with E-state index < -0.39 is 11.7 Å². The van der Waals surface area contributed by atoms with Gasteiger partial charge in [0.1, 0.15) is 11.9 Å². The summed E-state index contributed by atoms with van der Waals surface area (Å²) in [6.07, 6.45) is 1.95. The van der Waals surface area contributed by atoms with Crippen molar-refractivity contribution in [3.63, 3.8) is 0 Å². The van der Waals surface area contributed by atoms with Gasteiger partial charge < -0.3 is 9.52 Å². The van der Waals surface area contributed by atoms with Crippen LogP contribution in [0.25, 0.3) is 0 Å². The summed E-state index contributed by atoms with van der Waals surface area (Å²) < 4.78 is 4.83. The fourth-order valence-electron chi connectivity index (χ4n) is 1.12. The van der Waals surface area contributed by atoms with Gasteiger partial charge >= 0.3 is 5.63 Å². The van der Waals surface area contributed by atoms with Gasteiger partial charge in [0.25, 0.3) is 0 Å². The molecule has 0 bridgehead atoms. The van der Waals surface area contributed by atoms with Crippen molar-refractivity contribution >= 4 is 0 Å². The van der Waals surface area contributed by atoms with Crippen LogP contribution >= 0.6 is 0 Å². The quantitative estimate of drug-likeness (QED) is 0.773. The van der Waals surface area contributed by atoms with Gasteiger partial charge in [-0.25, -0.2) is 4.79 Å². The minimum atomic E-state index is -0.645. The van der Waals surface area contributed by atoms with Crippen molar-refractivity contribution in [3.05, 3.63) is 34.4 Å². The Morgan fingerprint density at radius 2 is 2.31 bits per heavy atom. The van der Waals surface area contributed by atoms with Crippen LogP contribution in [0.2, 0.25) is 0 Å². The molecule has 0 saturated carbocycles. The van der Waals surface area contributed by atoms with E-state index in [1.54, 1.807) is 12.1 Å². The Hall–Kier alpha value is -1.09. The van der Waals surface area contributed by atoms with Crippen LogP contribution in [0.3, 0.4) is 0 Å². The topological polar surface area (TPSA) is 50.4 Å². The largest absolute Gasteiger partial charge is 0.425 e. The number of hydrogen-bond donors (Lipinski definition) is 1. The average molecular weight is 182 g/mol. The Balaban J connectivity index is 2.65. The van der Waals surface area contributed by atoms with Crippen LogP contribution in [0.15, 0.2) is 27.4 Å². The first-order valence-corrected chi connectivity index (χ1v) is 4.52. The van der Waals surface area contributed by atoms with Crippen molar-refractivity contribution < 1.29 is 9.52 Å². The first-order chi connectivity index (χ1) is 6.24. The van der Waals surface area contributed by atoms with Crippen LogP contribution in [-0.2, 0) is 0 Å². The second kappa shape index (κ2) is 4.82. The van der Waals surface area contributed by atoms with E-state index in [0.29, 0.717) is 12.2 Å². The molecule has 3 heteroatoms. The molecule has 0 aromatic carbocycles. The lowest BCUT2D eigenvalue weighted by atomic mass is 10.1. The molecule has 0 aliphatic carbocycles. The summed E-state index contributed by atoms with van der Waals surface area (Å²) in [5, 5.41) is 9.54. The molecule has 1 heterocycles. The molecule has 1 unspecified atom stereocenters. The second-order valence-electron chi connectivity index (χ2n) is 3.01. The van der Waals surface area contributed by atoms with E-state index in [0.717, 1.165) is 12.8 Å². The molecule has 13 heavy (non-hydrogen) atoms. The normalized spacial score (nSPS) is 12.8. The molecule has 3 nitrogen and oxygen atoms in total. The van der Waals surface area contributed by atoms with Crippen molar-refractivity contribution in [2.24, 2.45) is 0 Å². The summed E-state index contributed by atoms with van der Waals surface area (Å²) in [6, 6.07) is 4.55. The molecule has 1 atom stereocenters. The molecular weight excluding hydrogens is 168 g/mol. The van der Waals surface area contributed by atoms with Gasteiger partial charge in [-0.15, -0.1) is 0 Å². The van der Waals surface area contributed by atoms with Gasteiger partial charge in [-0.2, -0.15) is 0 Å². The highest BCUT2D eigenvalue weighted by atomic mass is 16.4. The Bertz CT molecular complexity index is 303. The Kier molecular flexibility index (Phi) is 3.71. The molecule has 0 radical (unpaired) electrons. The molecule has 1 aromatic heterocycles. The van der Waals surface area contributed by atoms with E-state index in [4.69, 9.17) is 4.42 Å². The number of aliphatic hydroxyl groups is 1. The van der Waals surface area contributed by atoms with Gasteiger partial charge in [0, 0.05) is 6.07 Å². The van der Waals surface area contributed by atoms with E-state index in [2.05, 4.69) is 0 Å². The van der Waals surface area contributed by atoms with Crippen molar-refractivity contribution in [3.8, 4) is 0 Å². The number of unbranched alkanes of at least 4 members (excludes halogenated alkanes) is 1. The molecular formula is C10H14O3. The van der Waals surface area contributed by atoms with Gasteiger partial charge in [0.2, 0.25) is 0 Å². The van der Waals surface area contributed by atoms with Gasteiger partial charge in [-0.3, -0.25) is 0 Å². The minimum absolute atomic E-state index is 0.362. The maximum Gasteiger partial charge on any atom is 0.335 e. The third kappa shape index (κ3) is 3.03. The SMILES string of the molecule is CCCCC(O)c1cccc(=O)o1. The van der Waals surface area contributed by atoms with E-state index in [1.165, 1.54) is 6.07 Å². The summed E-state index contributed by atoms with van der Waals surface area (Å²) >= 11 is 0. The summed E-state index contributed by atoms with van der Waals surface area (Å²) in [4.78, 5) is 10.8. The smallest absolute Gasteiger partial charge is 0.335 e. The molecule has 0 amide bonds. The van der Waals surface area contributed by atoms with Crippen molar-refractivity contribution in [1.29, 1.82) is 0 Å². The zero-order valence-corrected chi connectivity index (χ0v) is 7.69. The zero-order valence-electron chi connectivity index (χ0n) is 7.69. The Morgan fingerprint density at radius 3 is 2.92 bits per heavy atom. The summed E-state index contributed by atoms with van der Waals surface area (Å²) in [5.41, 5.74) is -0.409. The third-order valence-electron chi connectivity index (χ3n) is 1.87. The third-order valence-corrected chi connectivity index (χ3v) is 1.87. The maximum atomic E-state index is 10.8. The maximum absolute atomic E-state index is 10.8. The molecule has 72 valence electrons. The predicted octanol–water partition coefficient (Wildman–Crippen LogP) is 1.86. The molecule has 0 fully saturated rings. The van der Waals surface area contributed by atoms with Crippen LogP contribution < -0.4 is 5.63 Å². The predicted molar refractivity (Wildman–Crippen MR) is 49.5 cm³/mol. The minimum Gasteiger partial charge on any atom is -0.425 e. The van der Waals surface area contributed by atoms with Crippen LogP contribution in [0, 0.1) is 0 Å². The van der Waals surface area contributed by atoms with Gasteiger partial charge in [-0.1, -0.05) is 25.8 Å². The molecule has 1 N–H and O–H groups in total. The van der Waals surface area contributed by atoms with Gasteiger partial charge in [0.05, 0.1) is 0 Å². The lowest BCUT2D eigenvalue weighted by molar-refractivity contribution is 0.133. The fourth-order valence-corrected chi connectivity index (χ4v) is 1.12. The zero-order chi connectivity index (χ0) is 9.68. The van der Waals surface area contributed by atoms with E-state index in [1.807, 2.05) is 6.92 Å². The van der Waals surface area contributed by atoms with Crippen LogP contribution in [-0.4, -0.2) is 5.11 Å². The van der Waals surface area contributed by atoms with Crippen LogP contribution in [0.5, 0.6) is 0 Å². The molecule has 0 aliphatic heterocycles. The van der Waals surface area contributed by atoms with E-state index in [9.17, 15) is 9.90 Å². The summed E-state index contributed by atoms with van der Waals surface area (Å²) in [7, 11) is 0. The first-order valence-electron chi connectivity index (χ1n) is 4.52.